The van der Waals surface area contributed by atoms with E-state index in [9.17, 15) is 19.2 Å². The lowest BCUT2D eigenvalue weighted by molar-refractivity contribution is -0.153. The van der Waals surface area contributed by atoms with Crippen LogP contribution >= 0.6 is 0 Å². The van der Waals surface area contributed by atoms with Crippen molar-refractivity contribution in [3.8, 4) is 0 Å². The molecule has 2 aliphatic rings. The number of rotatable bonds is 3. The molecule has 2 aromatic carbocycles. The summed E-state index contributed by atoms with van der Waals surface area (Å²) in [7, 11) is 0. The molecule has 0 saturated heterocycles. The van der Waals surface area contributed by atoms with E-state index in [1.54, 1.807) is 43.3 Å². The van der Waals surface area contributed by atoms with Crippen molar-refractivity contribution in [1.29, 1.82) is 0 Å². The average molecular weight is 405 g/mol. The Kier molecular flexibility index (Phi) is 5.02. The highest BCUT2D eigenvalue weighted by molar-refractivity contribution is 6.28. The third-order valence-corrected chi connectivity index (χ3v) is 5.97. The summed E-state index contributed by atoms with van der Waals surface area (Å²) < 4.78 is 5.25. The average Bonchev–Trinajstić information content (AvgIpc) is 2.91. The fourth-order valence-corrected chi connectivity index (χ4v) is 4.51. The van der Waals surface area contributed by atoms with Crippen molar-refractivity contribution >= 4 is 23.4 Å². The Hall–Kier alpha value is -3.28. The SMILES string of the molecule is CCOC(=O)C1(NC(C)=O)CCc2cc3c(cc2CC1)C(=O)c1ccccc1C3=O. The van der Waals surface area contributed by atoms with E-state index < -0.39 is 11.5 Å². The molecule has 1 N–H and O–H groups in total. The number of carbonyl (C=O) groups excluding carboxylic acids is 4. The van der Waals surface area contributed by atoms with Crippen LogP contribution in [0.25, 0.3) is 0 Å². The zero-order valence-corrected chi connectivity index (χ0v) is 17.0. The summed E-state index contributed by atoms with van der Waals surface area (Å²) in [5.41, 5.74) is 2.38. The molecule has 0 radical (unpaired) electrons. The second kappa shape index (κ2) is 7.52. The van der Waals surface area contributed by atoms with E-state index in [0.29, 0.717) is 47.9 Å². The summed E-state index contributed by atoms with van der Waals surface area (Å²) in [6.45, 7) is 3.34. The minimum atomic E-state index is -1.11. The molecule has 30 heavy (non-hydrogen) atoms. The maximum Gasteiger partial charge on any atom is 0.331 e. The normalized spacial score (nSPS) is 16.6. The van der Waals surface area contributed by atoms with Gasteiger partial charge in [0.1, 0.15) is 5.54 Å². The van der Waals surface area contributed by atoms with Crippen molar-refractivity contribution in [3.63, 3.8) is 0 Å². The van der Waals surface area contributed by atoms with Crippen LogP contribution in [0.4, 0.5) is 0 Å². The second-order valence-corrected chi connectivity index (χ2v) is 7.85. The first-order valence-corrected chi connectivity index (χ1v) is 10.2. The van der Waals surface area contributed by atoms with Gasteiger partial charge in [-0.1, -0.05) is 24.3 Å². The molecule has 0 spiro atoms. The standard InChI is InChI=1S/C24H23NO5/c1-3-30-23(29)24(25-14(2)26)10-8-15-12-19-20(13-16(15)9-11-24)22(28)18-7-5-4-6-17(18)21(19)27/h4-7,12-13H,3,8-11H2,1-2H3,(H,25,26). The van der Waals surface area contributed by atoms with Crippen LogP contribution in [0.5, 0.6) is 0 Å². The van der Waals surface area contributed by atoms with Gasteiger partial charge in [-0.3, -0.25) is 14.4 Å². The number of aryl methyl sites for hydroxylation is 2. The van der Waals surface area contributed by atoms with Gasteiger partial charge in [-0.05, 0) is 55.9 Å². The topological polar surface area (TPSA) is 89.5 Å². The van der Waals surface area contributed by atoms with Crippen molar-refractivity contribution in [2.75, 3.05) is 6.61 Å². The van der Waals surface area contributed by atoms with E-state index in [1.807, 2.05) is 0 Å². The van der Waals surface area contributed by atoms with E-state index in [4.69, 9.17) is 4.74 Å². The molecule has 2 aromatic rings. The monoisotopic (exact) mass is 405 g/mol. The third kappa shape index (κ3) is 3.22. The first kappa shape index (κ1) is 20.0. The Morgan fingerprint density at radius 2 is 1.43 bits per heavy atom. The summed E-state index contributed by atoms with van der Waals surface area (Å²) in [4.78, 5) is 50.6. The van der Waals surface area contributed by atoms with Crippen molar-refractivity contribution in [2.45, 2.75) is 45.1 Å². The van der Waals surface area contributed by atoms with Crippen LogP contribution in [0.1, 0.15) is 69.7 Å². The number of hydrogen-bond acceptors (Lipinski definition) is 5. The van der Waals surface area contributed by atoms with Crippen LogP contribution in [0, 0.1) is 0 Å². The number of nitrogens with one attached hydrogen (secondary N) is 1. The summed E-state index contributed by atoms with van der Waals surface area (Å²) in [6.07, 6.45) is 1.72. The second-order valence-electron chi connectivity index (χ2n) is 7.85. The summed E-state index contributed by atoms with van der Waals surface area (Å²) >= 11 is 0. The fraction of sp³-hybridized carbons (Fsp3) is 0.333. The van der Waals surface area contributed by atoms with Gasteiger partial charge in [-0.25, -0.2) is 4.79 Å². The molecular weight excluding hydrogens is 382 g/mol. The molecule has 0 bridgehead atoms. The molecule has 0 fully saturated rings. The molecule has 6 heteroatoms. The minimum Gasteiger partial charge on any atom is -0.464 e. The zero-order valence-electron chi connectivity index (χ0n) is 17.0. The van der Waals surface area contributed by atoms with Gasteiger partial charge in [0.05, 0.1) is 6.61 Å². The molecular formula is C24H23NO5. The lowest BCUT2D eigenvalue weighted by Crippen LogP contribution is -2.55. The van der Waals surface area contributed by atoms with Crippen LogP contribution in [0.15, 0.2) is 36.4 Å². The van der Waals surface area contributed by atoms with Gasteiger partial charge >= 0.3 is 5.97 Å². The Morgan fingerprint density at radius 1 is 0.933 bits per heavy atom. The molecule has 0 aromatic heterocycles. The molecule has 4 rings (SSSR count). The molecule has 0 aliphatic heterocycles. The molecule has 0 heterocycles. The maximum atomic E-state index is 13.0. The number of hydrogen-bond donors (Lipinski definition) is 1. The number of fused-ring (bicyclic) bond motifs is 3. The summed E-state index contributed by atoms with van der Waals surface area (Å²) in [5, 5.41) is 2.81. The molecule has 1 amide bonds. The number of carbonyl (C=O) groups is 4. The van der Waals surface area contributed by atoms with E-state index in [-0.39, 0.29) is 24.1 Å². The molecule has 0 atom stereocenters. The third-order valence-electron chi connectivity index (χ3n) is 5.97. The first-order valence-electron chi connectivity index (χ1n) is 10.2. The van der Waals surface area contributed by atoms with Crippen molar-refractivity contribution in [2.24, 2.45) is 0 Å². The van der Waals surface area contributed by atoms with Gasteiger partial charge in [0.15, 0.2) is 11.6 Å². The molecule has 0 unspecified atom stereocenters. The smallest absolute Gasteiger partial charge is 0.331 e. The number of esters is 1. The van der Waals surface area contributed by atoms with Gasteiger partial charge in [0.2, 0.25) is 5.91 Å². The lowest BCUT2D eigenvalue weighted by atomic mass is 9.81. The number of ether oxygens (including phenoxy) is 1. The van der Waals surface area contributed by atoms with E-state index in [2.05, 4.69) is 5.32 Å². The van der Waals surface area contributed by atoms with Gasteiger partial charge in [0, 0.05) is 29.2 Å². The van der Waals surface area contributed by atoms with Gasteiger partial charge in [0.25, 0.3) is 0 Å². The highest BCUT2D eigenvalue weighted by atomic mass is 16.5. The van der Waals surface area contributed by atoms with Gasteiger partial charge < -0.3 is 10.1 Å². The van der Waals surface area contributed by atoms with Gasteiger partial charge in [-0.2, -0.15) is 0 Å². The Balaban J connectivity index is 1.74. The van der Waals surface area contributed by atoms with Crippen LogP contribution in [-0.4, -0.2) is 35.6 Å². The minimum absolute atomic E-state index is 0.161. The van der Waals surface area contributed by atoms with E-state index >= 15 is 0 Å². The quantitative estimate of drug-likeness (QED) is 0.535. The van der Waals surface area contributed by atoms with Crippen LogP contribution in [-0.2, 0) is 27.2 Å². The lowest BCUT2D eigenvalue weighted by Gasteiger charge is -2.30. The maximum absolute atomic E-state index is 13.0. The van der Waals surface area contributed by atoms with Crippen molar-refractivity contribution < 1.29 is 23.9 Å². The zero-order chi connectivity index (χ0) is 21.5. The van der Waals surface area contributed by atoms with E-state index in [0.717, 1.165) is 11.1 Å². The Bertz CT molecular complexity index is 1020. The fourth-order valence-electron chi connectivity index (χ4n) is 4.51. The first-order chi connectivity index (χ1) is 14.4. The largest absolute Gasteiger partial charge is 0.464 e. The van der Waals surface area contributed by atoms with Crippen LogP contribution in [0.3, 0.4) is 0 Å². The van der Waals surface area contributed by atoms with Crippen LogP contribution < -0.4 is 5.32 Å². The molecule has 0 saturated carbocycles. The summed E-state index contributed by atoms with van der Waals surface area (Å²) in [5.74, 6) is -1.07. The Labute approximate surface area is 174 Å². The molecule has 154 valence electrons. The van der Waals surface area contributed by atoms with E-state index in [1.165, 1.54) is 6.92 Å². The van der Waals surface area contributed by atoms with Crippen LogP contribution in [0.2, 0.25) is 0 Å². The highest BCUT2D eigenvalue weighted by Gasteiger charge is 2.42. The van der Waals surface area contributed by atoms with Crippen molar-refractivity contribution in [1.82, 2.24) is 5.32 Å². The molecule has 6 nitrogen and oxygen atoms in total. The number of benzene rings is 2. The number of ketones is 2. The number of amides is 1. The predicted molar refractivity (Wildman–Crippen MR) is 110 cm³/mol. The highest BCUT2D eigenvalue weighted by Crippen LogP contribution is 2.34. The Morgan fingerprint density at radius 3 is 1.87 bits per heavy atom. The van der Waals surface area contributed by atoms with Gasteiger partial charge in [-0.15, -0.1) is 0 Å². The van der Waals surface area contributed by atoms with Crippen molar-refractivity contribution in [3.05, 3.63) is 69.8 Å². The predicted octanol–water partition coefficient (Wildman–Crippen LogP) is 2.78. The molecule has 2 aliphatic carbocycles. The summed E-state index contributed by atoms with van der Waals surface area (Å²) in [6, 6.07) is 10.4.